The minimum atomic E-state index is -5.15. The zero-order valence-electron chi connectivity index (χ0n) is 28.6. The molecule has 2 unspecified atom stereocenters. The van der Waals surface area contributed by atoms with Gasteiger partial charge in [0.05, 0.1) is 16.0 Å². The Morgan fingerprint density at radius 1 is 1.04 bits per heavy atom. The first kappa shape index (κ1) is 36.9. The predicted molar refractivity (Wildman–Crippen MR) is 182 cm³/mol. The number of aliphatic hydroxyl groups is 2. The minimum Gasteiger partial charge on any atom is -0.393 e. The van der Waals surface area contributed by atoms with E-state index in [4.69, 9.17) is 9.05 Å². The van der Waals surface area contributed by atoms with E-state index in [1.54, 1.807) is 13.0 Å². The summed E-state index contributed by atoms with van der Waals surface area (Å²) in [6, 6.07) is 9.89. The Morgan fingerprint density at radius 3 is 2.12 bits per heavy atom. The summed E-state index contributed by atoms with van der Waals surface area (Å²) in [6.45, 7) is 6.23. The van der Waals surface area contributed by atoms with Crippen molar-refractivity contribution in [2.75, 3.05) is 6.61 Å². The number of phosphoric acid groups is 1. The lowest BCUT2D eigenvalue weighted by Gasteiger charge is -2.60. The van der Waals surface area contributed by atoms with E-state index >= 15 is 0 Å². The zero-order valence-corrected chi connectivity index (χ0v) is 29.5. The zero-order chi connectivity index (χ0) is 37.3. The Morgan fingerprint density at radius 2 is 1.59 bits per heavy atom. The number of ketones is 2. The number of carbonyl (C=O) groups is 2. The minimum absolute atomic E-state index is 0.0330. The van der Waals surface area contributed by atoms with Crippen molar-refractivity contribution in [1.82, 2.24) is 0 Å². The van der Waals surface area contributed by atoms with E-state index in [9.17, 15) is 49.5 Å². The molecule has 272 valence electrons. The van der Waals surface area contributed by atoms with Gasteiger partial charge in [0.2, 0.25) is 0 Å². The van der Waals surface area contributed by atoms with E-state index < -0.39 is 58.2 Å². The van der Waals surface area contributed by atoms with Crippen LogP contribution in [0.4, 0.5) is 11.4 Å². The molecule has 9 atom stereocenters. The van der Waals surface area contributed by atoms with Gasteiger partial charge in [0.15, 0.2) is 11.6 Å². The Hall–Kier alpha value is -3.91. The summed E-state index contributed by atoms with van der Waals surface area (Å²) < 4.78 is 24.5. The number of hydrogen-bond donors (Lipinski definition) is 3. The number of carbonyl (C=O) groups excluding carboxylic acids is 2. The Bertz CT molecular complexity index is 1840. The number of benzene rings is 2. The van der Waals surface area contributed by atoms with Gasteiger partial charge in [-0.1, -0.05) is 32.4 Å². The number of fused-ring (bicyclic) bond motifs is 5. The normalized spacial score (nSPS) is 34.1. The molecule has 3 fully saturated rings. The SMILES string of the molecule is C[C@H]1C[C@@H]2[C@H](C(O)C[C@@]3(C)[C@H]2CC[C@]3(O)C(=O)COP(=O)(O)OC(C)(c2ccc([N+](=O)[O-])cc2)c2ccc([N+](=O)[O-])cc2)[C@@]2(C)C=CC(=O)C=C12. The van der Waals surface area contributed by atoms with Gasteiger partial charge in [-0.15, -0.1) is 0 Å². The maximum atomic E-state index is 13.9. The van der Waals surface area contributed by atoms with E-state index in [2.05, 4.69) is 0 Å². The molecule has 0 bridgehead atoms. The fourth-order valence-corrected chi connectivity index (χ4v) is 10.8. The van der Waals surface area contributed by atoms with Crippen molar-refractivity contribution in [2.45, 2.75) is 70.7 Å². The first-order valence-electron chi connectivity index (χ1n) is 16.8. The van der Waals surface area contributed by atoms with Gasteiger partial charge in [-0.05, 0) is 97.9 Å². The van der Waals surface area contributed by atoms with Crippen LogP contribution in [-0.2, 0) is 28.8 Å². The van der Waals surface area contributed by atoms with Gasteiger partial charge in [-0.3, -0.25) is 38.9 Å². The lowest BCUT2D eigenvalue weighted by molar-refractivity contribution is -0.385. The number of phosphoric ester groups is 1. The van der Waals surface area contributed by atoms with Crippen LogP contribution < -0.4 is 0 Å². The van der Waals surface area contributed by atoms with Crippen LogP contribution in [0.2, 0.25) is 0 Å². The number of nitrogens with zero attached hydrogens (tertiary/aromatic N) is 2. The first-order valence-corrected chi connectivity index (χ1v) is 18.3. The van der Waals surface area contributed by atoms with Crippen LogP contribution in [0.3, 0.4) is 0 Å². The van der Waals surface area contributed by atoms with Crippen LogP contribution in [0, 0.1) is 54.7 Å². The number of nitro groups is 2. The van der Waals surface area contributed by atoms with Gasteiger partial charge in [-0.25, -0.2) is 4.57 Å². The van der Waals surface area contributed by atoms with Gasteiger partial charge < -0.3 is 15.1 Å². The predicted octanol–water partition coefficient (Wildman–Crippen LogP) is 5.73. The number of nitro benzene ring substituents is 2. The van der Waals surface area contributed by atoms with Crippen LogP contribution in [0.5, 0.6) is 0 Å². The molecule has 0 saturated heterocycles. The van der Waals surface area contributed by atoms with Gasteiger partial charge >= 0.3 is 7.82 Å². The fourth-order valence-electron chi connectivity index (χ4n) is 9.80. The number of aliphatic hydroxyl groups excluding tert-OH is 1. The summed E-state index contributed by atoms with van der Waals surface area (Å²) in [7, 11) is -5.15. The fraction of sp³-hybridized carbons (Fsp3) is 0.500. The molecule has 2 aromatic carbocycles. The topological polar surface area (TPSA) is 217 Å². The first-order chi connectivity index (χ1) is 23.8. The van der Waals surface area contributed by atoms with Crippen molar-refractivity contribution in [3.8, 4) is 0 Å². The van der Waals surface area contributed by atoms with Crippen molar-refractivity contribution in [1.29, 1.82) is 0 Å². The average molecular weight is 725 g/mol. The highest BCUT2D eigenvalue weighted by Crippen LogP contribution is 2.68. The maximum Gasteiger partial charge on any atom is 0.473 e. The van der Waals surface area contributed by atoms with Crippen molar-refractivity contribution in [3.63, 3.8) is 0 Å². The number of rotatable bonds is 10. The van der Waals surface area contributed by atoms with E-state index in [0.717, 1.165) is 5.57 Å². The summed E-state index contributed by atoms with van der Waals surface area (Å²) in [6.07, 6.45) is 5.44. The highest BCUT2D eigenvalue weighted by Gasteiger charge is 2.68. The molecule has 14 nitrogen and oxygen atoms in total. The largest absolute Gasteiger partial charge is 0.473 e. The number of hydrogen-bond acceptors (Lipinski definition) is 11. The molecule has 0 heterocycles. The molecule has 2 aromatic rings. The highest BCUT2D eigenvalue weighted by atomic mass is 31.2. The molecule has 0 spiro atoms. The van der Waals surface area contributed by atoms with E-state index in [0.29, 0.717) is 12.8 Å². The van der Waals surface area contributed by atoms with Crippen LogP contribution >= 0.6 is 7.82 Å². The molecule has 3 N–H and O–H groups in total. The Balaban J connectivity index is 1.23. The third kappa shape index (κ3) is 6.01. The number of non-ortho nitro benzene ring substituents is 2. The van der Waals surface area contributed by atoms with Crippen molar-refractivity contribution in [3.05, 3.63) is 104 Å². The molecule has 0 aromatic heterocycles. The summed E-state index contributed by atoms with van der Waals surface area (Å²) in [5.41, 5.74) is -4.69. The third-order valence-corrected chi connectivity index (χ3v) is 13.4. The standard InChI is InChI=1S/C36H41N2O12P/c1-21-17-27-28-14-16-36(42,34(28,3)19-30(40)32(27)33(2)15-13-26(39)18-29(21)33)31(41)20-49-51(47,48)50-35(4,22-5-9-24(10-6-22)37(43)44)23-7-11-25(12-8-23)38(45)46/h5-13,15,18,21,27-28,30,32,40,42H,14,16-17,19-20H2,1-4H3,(H,47,48)/t21-,27-,28-,30?,32+,33-,34-,36-/m0/s1. The van der Waals surface area contributed by atoms with Crippen molar-refractivity contribution >= 4 is 30.8 Å². The maximum absolute atomic E-state index is 13.9. The summed E-state index contributed by atoms with van der Waals surface area (Å²) in [5, 5.41) is 46.3. The third-order valence-electron chi connectivity index (χ3n) is 12.3. The van der Waals surface area contributed by atoms with E-state index in [1.165, 1.54) is 61.5 Å². The smallest absolute Gasteiger partial charge is 0.393 e. The second kappa shape index (κ2) is 12.6. The molecule has 0 amide bonds. The van der Waals surface area contributed by atoms with E-state index in [1.807, 2.05) is 19.9 Å². The quantitative estimate of drug-likeness (QED) is 0.152. The summed E-state index contributed by atoms with van der Waals surface area (Å²) in [4.78, 5) is 58.5. The Kier molecular flexibility index (Phi) is 9.14. The molecule has 4 aliphatic carbocycles. The molecule has 3 saturated carbocycles. The Labute approximate surface area is 294 Å². The van der Waals surface area contributed by atoms with Gasteiger partial charge in [0.25, 0.3) is 11.4 Å². The molecule has 0 radical (unpaired) electrons. The average Bonchev–Trinajstić information content (AvgIpc) is 3.34. The van der Waals surface area contributed by atoms with Crippen molar-refractivity contribution < 1.29 is 48.2 Å². The molecular weight excluding hydrogens is 683 g/mol. The molecule has 6 rings (SSSR count). The van der Waals surface area contributed by atoms with Crippen LogP contribution in [0.1, 0.15) is 64.5 Å². The second-order valence-electron chi connectivity index (χ2n) is 15.0. The van der Waals surface area contributed by atoms with Crippen molar-refractivity contribution in [2.24, 2.45) is 34.5 Å². The van der Waals surface area contributed by atoms with Crippen LogP contribution in [-0.4, -0.2) is 54.8 Å². The van der Waals surface area contributed by atoms with Crippen LogP contribution in [0.25, 0.3) is 0 Å². The number of Topliss-reactive ketones (excluding diaryl/α,β-unsaturated/α-hetero) is 1. The molecule has 51 heavy (non-hydrogen) atoms. The number of allylic oxidation sites excluding steroid dienone is 4. The van der Waals surface area contributed by atoms with E-state index in [-0.39, 0.29) is 64.8 Å². The lowest BCUT2D eigenvalue weighted by Crippen LogP contribution is -2.62. The van der Waals surface area contributed by atoms with Crippen LogP contribution in [0.15, 0.2) is 72.3 Å². The molecule has 15 heteroatoms. The monoisotopic (exact) mass is 724 g/mol. The van der Waals surface area contributed by atoms with Gasteiger partial charge in [0, 0.05) is 41.0 Å². The summed E-state index contributed by atoms with van der Waals surface area (Å²) in [5.74, 6) is -1.38. The molecular formula is C36H41N2O12P. The van der Waals surface area contributed by atoms with Gasteiger partial charge in [0.1, 0.15) is 17.8 Å². The second-order valence-corrected chi connectivity index (χ2v) is 16.4. The summed E-state index contributed by atoms with van der Waals surface area (Å²) >= 11 is 0. The lowest BCUT2D eigenvalue weighted by atomic mass is 9.45. The van der Waals surface area contributed by atoms with Gasteiger partial charge in [-0.2, -0.15) is 0 Å². The molecule has 4 aliphatic rings. The molecule has 0 aliphatic heterocycles. The highest BCUT2D eigenvalue weighted by molar-refractivity contribution is 7.47.